The van der Waals surface area contributed by atoms with Crippen LogP contribution in [0.4, 0.5) is 5.82 Å². The van der Waals surface area contributed by atoms with Gasteiger partial charge in [-0.1, -0.05) is 38.5 Å². The Morgan fingerprint density at radius 2 is 1.77 bits per heavy atom. The summed E-state index contributed by atoms with van der Waals surface area (Å²) in [6.07, 6.45) is 14.8. The van der Waals surface area contributed by atoms with Gasteiger partial charge in [0.1, 0.15) is 17.0 Å². The highest BCUT2D eigenvalue weighted by Gasteiger charge is 2.20. The molecule has 5 nitrogen and oxygen atoms in total. The van der Waals surface area contributed by atoms with Crippen molar-refractivity contribution in [2.75, 3.05) is 11.9 Å². The number of hydrogen-bond acceptors (Lipinski definition) is 5. The van der Waals surface area contributed by atoms with E-state index in [4.69, 9.17) is 5.11 Å². The summed E-state index contributed by atoms with van der Waals surface area (Å²) < 4.78 is 0. The predicted molar refractivity (Wildman–Crippen MR) is 107 cm³/mol. The summed E-state index contributed by atoms with van der Waals surface area (Å²) in [6, 6.07) is 0. The second-order valence-corrected chi connectivity index (χ2v) is 8.24. The minimum Gasteiger partial charge on any atom is -0.481 e. The Morgan fingerprint density at radius 3 is 2.54 bits per heavy atom. The minimum atomic E-state index is -0.675. The quantitative estimate of drug-likeness (QED) is 0.500. The third-order valence-corrected chi connectivity index (χ3v) is 6.31. The van der Waals surface area contributed by atoms with E-state index in [1.165, 1.54) is 60.8 Å². The minimum absolute atomic E-state index is 0.315. The number of carboxylic acid groups (broad SMARTS) is 1. The lowest BCUT2D eigenvalue weighted by Crippen LogP contribution is -2.04. The predicted octanol–water partition coefficient (Wildman–Crippen LogP) is 5.19. The van der Waals surface area contributed by atoms with Gasteiger partial charge in [0, 0.05) is 17.8 Å². The number of nitrogens with zero attached hydrogens (tertiary/aromatic N) is 2. The Morgan fingerprint density at radius 1 is 1.04 bits per heavy atom. The Bertz CT molecular complexity index is 729. The van der Waals surface area contributed by atoms with Crippen LogP contribution in [0.2, 0.25) is 0 Å². The van der Waals surface area contributed by atoms with E-state index in [1.807, 2.05) is 11.3 Å². The normalized spacial score (nSPS) is 13.2. The average Bonchev–Trinajstić information content (AvgIpc) is 3.20. The van der Waals surface area contributed by atoms with E-state index in [2.05, 4.69) is 15.3 Å². The molecule has 0 saturated carbocycles. The van der Waals surface area contributed by atoms with Gasteiger partial charge in [-0.3, -0.25) is 4.79 Å². The molecular weight excluding hydrogens is 346 g/mol. The molecule has 0 unspecified atom stereocenters. The van der Waals surface area contributed by atoms with Crippen molar-refractivity contribution in [3.63, 3.8) is 0 Å². The van der Waals surface area contributed by atoms with Crippen molar-refractivity contribution in [1.82, 2.24) is 9.97 Å². The molecule has 0 spiro atoms. The molecule has 0 aromatic carbocycles. The van der Waals surface area contributed by atoms with Gasteiger partial charge in [0.2, 0.25) is 0 Å². The molecule has 2 aromatic rings. The molecule has 142 valence electrons. The standard InChI is InChI=1S/C20H29N3O2S/c24-17(25)12-7-5-3-1-2-4-6-8-13-21-19-18-15-10-9-11-16(15)26-20(18)23-14-22-19/h14H,1-13H2,(H,24,25)(H,21,22,23). The van der Waals surface area contributed by atoms with Crippen molar-refractivity contribution in [2.24, 2.45) is 0 Å². The lowest BCUT2D eigenvalue weighted by atomic mass is 10.1. The number of aromatic nitrogens is 2. The molecule has 2 heterocycles. The van der Waals surface area contributed by atoms with Crippen LogP contribution in [0, 0.1) is 0 Å². The number of carbonyl (C=O) groups is 1. The van der Waals surface area contributed by atoms with Gasteiger partial charge in [0.15, 0.2) is 0 Å². The van der Waals surface area contributed by atoms with Crippen LogP contribution in [0.3, 0.4) is 0 Å². The number of hydrogen-bond donors (Lipinski definition) is 2. The molecule has 0 aliphatic heterocycles. The molecule has 2 aromatic heterocycles. The van der Waals surface area contributed by atoms with Gasteiger partial charge < -0.3 is 10.4 Å². The first-order chi connectivity index (χ1) is 12.8. The largest absolute Gasteiger partial charge is 0.481 e. The summed E-state index contributed by atoms with van der Waals surface area (Å²) >= 11 is 1.84. The molecule has 3 rings (SSSR count). The summed E-state index contributed by atoms with van der Waals surface area (Å²) in [5, 5.41) is 13.4. The number of nitrogens with one attached hydrogen (secondary N) is 1. The third kappa shape index (κ3) is 5.16. The SMILES string of the molecule is O=C(O)CCCCCCCCCCNc1ncnc2sc3c(c12)CCC3. The summed E-state index contributed by atoms with van der Waals surface area (Å²) in [5.74, 6) is 0.346. The molecule has 26 heavy (non-hydrogen) atoms. The third-order valence-electron chi connectivity index (χ3n) is 5.11. The summed E-state index contributed by atoms with van der Waals surface area (Å²) in [5.41, 5.74) is 1.48. The highest BCUT2D eigenvalue weighted by atomic mass is 32.1. The zero-order valence-corrected chi connectivity index (χ0v) is 16.2. The molecule has 0 radical (unpaired) electrons. The van der Waals surface area contributed by atoms with Crippen molar-refractivity contribution in [2.45, 2.75) is 77.0 Å². The fraction of sp³-hybridized carbons (Fsp3) is 0.650. The van der Waals surface area contributed by atoms with Crippen LogP contribution >= 0.6 is 11.3 Å². The van der Waals surface area contributed by atoms with Gasteiger partial charge >= 0.3 is 5.97 Å². The van der Waals surface area contributed by atoms with E-state index in [0.29, 0.717) is 6.42 Å². The summed E-state index contributed by atoms with van der Waals surface area (Å²) in [4.78, 5) is 22.0. The lowest BCUT2D eigenvalue weighted by molar-refractivity contribution is -0.137. The number of unbranched alkanes of at least 4 members (excludes halogenated alkanes) is 7. The summed E-state index contributed by atoms with van der Waals surface area (Å²) in [6.45, 7) is 0.968. The number of carboxylic acids is 1. The smallest absolute Gasteiger partial charge is 0.303 e. The topological polar surface area (TPSA) is 75.1 Å². The number of rotatable bonds is 12. The van der Waals surface area contributed by atoms with Crippen LogP contribution in [0.1, 0.15) is 74.6 Å². The Hall–Kier alpha value is -1.69. The van der Waals surface area contributed by atoms with Crippen LogP contribution in [0.5, 0.6) is 0 Å². The molecule has 1 aliphatic carbocycles. The van der Waals surface area contributed by atoms with Crippen LogP contribution in [0.15, 0.2) is 6.33 Å². The van der Waals surface area contributed by atoms with Crippen molar-refractivity contribution in [3.05, 3.63) is 16.8 Å². The number of fused-ring (bicyclic) bond motifs is 3. The fourth-order valence-electron chi connectivity index (χ4n) is 3.73. The van der Waals surface area contributed by atoms with Crippen LogP contribution in [-0.4, -0.2) is 27.6 Å². The van der Waals surface area contributed by atoms with E-state index in [0.717, 1.165) is 42.9 Å². The van der Waals surface area contributed by atoms with Gasteiger partial charge in [0.05, 0.1) is 5.39 Å². The second kappa shape index (κ2) is 9.86. The first kappa shape index (κ1) is 19.1. The van der Waals surface area contributed by atoms with Crippen molar-refractivity contribution >= 4 is 33.3 Å². The van der Waals surface area contributed by atoms with Crippen molar-refractivity contribution in [3.8, 4) is 0 Å². The maximum Gasteiger partial charge on any atom is 0.303 e. The molecule has 2 N–H and O–H groups in total. The molecular formula is C20H29N3O2S. The van der Waals surface area contributed by atoms with E-state index in [9.17, 15) is 4.79 Å². The molecule has 0 atom stereocenters. The van der Waals surface area contributed by atoms with Crippen LogP contribution in [-0.2, 0) is 17.6 Å². The first-order valence-corrected chi connectivity index (χ1v) is 10.8. The number of anilines is 1. The van der Waals surface area contributed by atoms with E-state index < -0.39 is 5.97 Å². The molecule has 0 bridgehead atoms. The number of thiophene rings is 1. The Balaban J connectivity index is 1.30. The number of aryl methyl sites for hydroxylation is 2. The van der Waals surface area contributed by atoms with Crippen molar-refractivity contribution in [1.29, 1.82) is 0 Å². The highest BCUT2D eigenvalue weighted by molar-refractivity contribution is 7.19. The van der Waals surface area contributed by atoms with Crippen LogP contribution < -0.4 is 5.32 Å². The average molecular weight is 376 g/mol. The monoisotopic (exact) mass is 375 g/mol. The van der Waals surface area contributed by atoms with Crippen molar-refractivity contribution < 1.29 is 9.90 Å². The van der Waals surface area contributed by atoms with E-state index in [-0.39, 0.29) is 0 Å². The van der Waals surface area contributed by atoms with Gasteiger partial charge in [-0.05, 0) is 37.7 Å². The molecule has 1 aliphatic rings. The number of aliphatic carboxylic acids is 1. The van der Waals surface area contributed by atoms with Gasteiger partial charge in [-0.2, -0.15) is 0 Å². The molecule has 0 saturated heterocycles. The highest BCUT2D eigenvalue weighted by Crippen LogP contribution is 2.38. The van der Waals surface area contributed by atoms with Gasteiger partial charge in [-0.15, -0.1) is 11.3 Å². The van der Waals surface area contributed by atoms with E-state index in [1.54, 1.807) is 6.33 Å². The maximum absolute atomic E-state index is 10.4. The maximum atomic E-state index is 10.4. The fourth-order valence-corrected chi connectivity index (χ4v) is 4.96. The Kier molecular flexibility index (Phi) is 7.23. The molecule has 0 amide bonds. The molecule has 6 heteroatoms. The van der Waals surface area contributed by atoms with E-state index >= 15 is 0 Å². The zero-order valence-electron chi connectivity index (χ0n) is 15.4. The van der Waals surface area contributed by atoms with Gasteiger partial charge in [-0.25, -0.2) is 9.97 Å². The molecule has 0 fully saturated rings. The first-order valence-electron chi connectivity index (χ1n) is 9.96. The van der Waals surface area contributed by atoms with Crippen LogP contribution in [0.25, 0.3) is 10.2 Å². The summed E-state index contributed by atoms with van der Waals surface area (Å²) in [7, 11) is 0. The Labute approximate surface area is 159 Å². The van der Waals surface area contributed by atoms with Gasteiger partial charge in [0.25, 0.3) is 0 Å². The zero-order chi connectivity index (χ0) is 18.2. The second-order valence-electron chi connectivity index (χ2n) is 7.16. The lowest BCUT2D eigenvalue weighted by Gasteiger charge is -2.07.